The summed E-state index contributed by atoms with van der Waals surface area (Å²) in [5.41, 5.74) is 4.09. The molecule has 0 radical (unpaired) electrons. The van der Waals surface area contributed by atoms with E-state index in [2.05, 4.69) is 23.3 Å². The third-order valence-corrected chi connectivity index (χ3v) is 4.93. The molecule has 0 bridgehead atoms. The van der Waals surface area contributed by atoms with Gasteiger partial charge in [-0.15, -0.1) is 11.3 Å². The standard InChI is InChI=1S/C17H20N2OS/c1-10-4-5-14-15(9-10)21-17(18-14)19-16(20)13-7-11(2)6-12(3)8-13/h6-8,10H,4-5,9H2,1-3H3,(H,18,19,20). The number of nitrogens with one attached hydrogen (secondary N) is 1. The van der Waals surface area contributed by atoms with E-state index >= 15 is 0 Å². The first kappa shape index (κ1) is 14.3. The number of amides is 1. The third kappa shape index (κ3) is 3.16. The quantitative estimate of drug-likeness (QED) is 0.905. The number of fused-ring (bicyclic) bond motifs is 1. The first-order valence-corrected chi connectivity index (χ1v) is 8.21. The second-order valence-corrected chi connectivity index (χ2v) is 7.15. The van der Waals surface area contributed by atoms with E-state index in [4.69, 9.17) is 0 Å². The fraction of sp³-hybridized carbons (Fsp3) is 0.412. The number of nitrogens with zero attached hydrogens (tertiary/aromatic N) is 1. The molecule has 0 spiro atoms. The molecule has 3 rings (SSSR count). The Labute approximate surface area is 129 Å². The van der Waals surface area contributed by atoms with Gasteiger partial charge in [0.25, 0.3) is 5.91 Å². The van der Waals surface area contributed by atoms with Crippen molar-refractivity contribution in [3.8, 4) is 0 Å². The van der Waals surface area contributed by atoms with E-state index in [-0.39, 0.29) is 5.91 Å². The van der Waals surface area contributed by atoms with E-state index in [1.54, 1.807) is 11.3 Å². The van der Waals surface area contributed by atoms with Gasteiger partial charge < -0.3 is 0 Å². The van der Waals surface area contributed by atoms with Crippen molar-refractivity contribution < 1.29 is 4.79 Å². The molecule has 1 heterocycles. The summed E-state index contributed by atoms with van der Waals surface area (Å²) in [7, 11) is 0. The Morgan fingerprint density at radius 2 is 2.00 bits per heavy atom. The molecule has 1 aliphatic rings. The first-order valence-electron chi connectivity index (χ1n) is 7.39. The lowest BCUT2D eigenvalue weighted by atomic mass is 9.93. The molecule has 1 unspecified atom stereocenters. The van der Waals surface area contributed by atoms with E-state index in [1.807, 2.05) is 26.0 Å². The zero-order valence-electron chi connectivity index (χ0n) is 12.7. The Morgan fingerprint density at radius 3 is 2.71 bits per heavy atom. The molecule has 1 aromatic heterocycles. The van der Waals surface area contributed by atoms with E-state index in [1.165, 1.54) is 17.0 Å². The summed E-state index contributed by atoms with van der Waals surface area (Å²) < 4.78 is 0. The first-order chi connectivity index (χ1) is 10.0. The maximum atomic E-state index is 12.4. The van der Waals surface area contributed by atoms with E-state index in [0.717, 1.165) is 35.0 Å². The fourth-order valence-corrected chi connectivity index (χ4v) is 4.03. The second kappa shape index (κ2) is 5.60. The van der Waals surface area contributed by atoms with Crippen LogP contribution < -0.4 is 5.32 Å². The van der Waals surface area contributed by atoms with Gasteiger partial charge in [-0.1, -0.05) is 24.1 Å². The van der Waals surface area contributed by atoms with Crippen molar-refractivity contribution >= 4 is 22.4 Å². The predicted molar refractivity (Wildman–Crippen MR) is 87.2 cm³/mol. The lowest BCUT2D eigenvalue weighted by Crippen LogP contribution is -2.12. The summed E-state index contributed by atoms with van der Waals surface area (Å²) >= 11 is 1.63. The van der Waals surface area contributed by atoms with E-state index in [9.17, 15) is 4.79 Å². The molecular formula is C17H20N2OS. The maximum absolute atomic E-state index is 12.4. The molecule has 21 heavy (non-hydrogen) atoms. The van der Waals surface area contributed by atoms with Crippen LogP contribution in [0.3, 0.4) is 0 Å². The van der Waals surface area contributed by atoms with Crippen LogP contribution in [0.1, 0.15) is 45.4 Å². The second-order valence-electron chi connectivity index (χ2n) is 6.07. The van der Waals surface area contributed by atoms with Crippen LogP contribution in [-0.4, -0.2) is 10.9 Å². The summed E-state index contributed by atoms with van der Waals surface area (Å²) in [5.74, 6) is 0.655. The van der Waals surface area contributed by atoms with Crippen molar-refractivity contribution in [1.82, 2.24) is 4.98 Å². The lowest BCUT2D eigenvalue weighted by Gasteiger charge is -2.15. The minimum absolute atomic E-state index is 0.0686. The molecule has 0 saturated heterocycles. The number of thiazole rings is 1. The van der Waals surface area contributed by atoms with Crippen molar-refractivity contribution in [2.24, 2.45) is 5.92 Å². The Morgan fingerprint density at radius 1 is 1.29 bits per heavy atom. The number of carbonyl (C=O) groups is 1. The highest BCUT2D eigenvalue weighted by Gasteiger charge is 2.20. The van der Waals surface area contributed by atoms with Gasteiger partial charge in [-0.2, -0.15) is 0 Å². The minimum Gasteiger partial charge on any atom is -0.298 e. The number of benzene rings is 1. The number of aryl methyl sites for hydroxylation is 3. The van der Waals surface area contributed by atoms with Gasteiger partial charge in [0.1, 0.15) is 0 Å². The SMILES string of the molecule is Cc1cc(C)cc(C(=O)Nc2nc3c(s2)CC(C)CC3)c1. The summed E-state index contributed by atoms with van der Waals surface area (Å²) in [5, 5.41) is 3.69. The average Bonchev–Trinajstić information content (AvgIpc) is 2.78. The molecule has 0 fully saturated rings. The van der Waals surface area contributed by atoms with Gasteiger partial charge in [0.15, 0.2) is 5.13 Å². The van der Waals surface area contributed by atoms with Gasteiger partial charge in [0.2, 0.25) is 0 Å². The van der Waals surface area contributed by atoms with Gasteiger partial charge in [-0.05, 0) is 51.2 Å². The molecular weight excluding hydrogens is 280 g/mol. The van der Waals surface area contributed by atoms with Crippen LogP contribution in [0.25, 0.3) is 0 Å². The number of aromatic nitrogens is 1. The molecule has 0 aliphatic heterocycles. The van der Waals surface area contributed by atoms with Crippen LogP contribution in [0.15, 0.2) is 18.2 Å². The Balaban J connectivity index is 1.79. The van der Waals surface area contributed by atoms with Gasteiger partial charge in [0.05, 0.1) is 5.69 Å². The van der Waals surface area contributed by atoms with E-state index in [0.29, 0.717) is 5.56 Å². The summed E-state index contributed by atoms with van der Waals surface area (Å²) in [6, 6.07) is 5.90. The van der Waals surface area contributed by atoms with Gasteiger partial charge in [-0.3, -0.25) is 10.1 Å². The van der Waals surface area contributed by atoms with Crippen LogP contribution in [0, 0.1) is 19.8 Å². The molecule has 4 heteroatoms. The minimum atomic E-state index is -0.0686. The fourth-order valence-electron chi connectivity index (χ4n) is 2.87. The van der Waals surface area contributed by atoms with Gasteiger partial charge >= 0.3 is 0 Å². The molecule has 1 amide bonds. The van der Waals surface area contributed by atoms with Crippen molar-refractivity contribution in [3.05, 3.63) is 45.5 Å². The number of carbonyl (C=O) groups excluding carboxylic acids is 1. The Kier molecular flexibility index (Phi) is 3.81. The molecule has 0 saturated carbocycles. The molecule has 1 atom stereocenters. The van der Waals surface area contributed by atoms with Crippen LogP contribution in [-0.2, 0) is 12.8 Å². The molecule has 110 valence electrons. The molecule has 1 N–H and O–H groups in total. The highest BCUT2D eigenvalue weighted by atomic mass is 32.1. The number of hydrogen-bond acceptors (Lipinski definition) is 3. The van der Waals surface area contributed by atoms with Crippen LogP contribution >= 0.6 is 11.3 Å². The van der Waals surface area contributed by atoms with Crippen molar-refractivity contribution in [3.63, 3.8) is 0 Å². The van der Waals surface area contributed by atoms with Crippen molar-refractivity contribution in [2.45, 2.75) is 40.0 Å². The maximum Gasteiger partial charge on any atom is 0.257 e. The Hall–Kier alpha value is -1.68. The predicted octanol–water partition coefficient (Wildman–Crippen LogP) is 4.14. The highest BCUT2D eigenvalue weighted by molar-refractivity contribution is 7.15. The van der Waals surface area contributed by atoms with E-state index < -0.39 is 0 Å². The number of hydrogen-bond donors (Lipinski definition) is 1. The van der Waals surface area contributed by atoms with Crippen LogP contribution in [0.4, 0.5) is 5.13 Å². The normalized spacial score (nSPS) is 17.4. The third-order valence-electron chi connectivity index (χ3n) is 3.89. The summed E-state index contributed by atoms with van der Waals surface area (Å²) in [6.07, 6.45) is 3.32. The summed E-state index contributed by atoms with van der Waals surface area (Å²) in [4.78, 5) is 18.3. The van der Waals surface area contributed by atoms with Crippen molar-refractivity contribution in [1.29, 1.82) is 0 Å². The number of anilines is 1. The zero-order chi connectivity index (χ0) is 15.0. The lowest BCUT2D eigenvalue weighted by molar-refractivity contribution is 0.102. The molecule has 2 aromatic rings. The largest absolute Gasteiger partial charge is 0.298 e. The molecule has 1 aromatic carbocycles. The topological polar surface area (TPSA) is 42.0 Å². The Bertz CT molecular complexity index is 670. The molecule has 3 nitrogen and oxygen atoms in total. The average molecular weight is 300 g/mol. The highest BCUT2D eigenvalue weighted by Crippen LogP contribution is 2.32. The van der Waals surface area contributed by atoms with Gasteiger partial charge in [-0.25, -0.2) is 4.98 Å². The van der Waals surface area contributed by atoms with Crippen LogP contribution in [0.2, 0.25) is 0 Å². The zero-order valence-corrected chi connectivity index (χ0v) is 13.5. The molecule has 1 aliphatic carbocycles. The van der Waals surface area contributed by atoms with Crippen LogP contribution in [0.5, 0.6) is 0 Å². The summed E-state index contributed by atoms with van der Waals surface area (Å²) in [6.45, 7) is 6.29. The van der Waals surface area contributed by atoms with Gasteiger partial charge in [0, 0.05) is 10.4 Å². The monoisotopic (exact) mass is 300 g/mol. The van der Waals surface area contributed by atoms with Crippen molar-refractivity contribution in [2.75, 3.05) is 5.32 Å². The number of rotatable bonds is 2. The smallest absolute Gasteiger partial charge is 0.257 e.